The number of nitrogens with one attached hydrogen (secondary N) is 2. The molecular weight excluding hydrogens is 572 g/mol. The van der Waals surface area contributed by atoms with Gasteiger partial charge in [-0.25, -0.2) is 9.97 Å². The number of aryl methyl sites for hydroxylation is 1. The Morgan fingerprint density at radius 2 is 1.82 bits per heavy atom. The highest BCUT2D eigenvalue weighted by Crippen LogP contribution is 2.28. The average molecular weight is 606 g/mol. The molecule has 6 rings (SSSR count). The fraction of sp³-hybridized carbons (Fsp3) is 0.355. The van der Waals surface area contributed by atoms with Crippen LogP contribution in [0, 0.1) is 6.92 Å². The Morgan fingerprint density at radius 3 is 2.48 bits per heavy atom. The van der Waals surface area contributed by atoms with E-state index in [9.17, 15) is 23.5 Å². The van der Waals surface area contributed by atoms with Gasteiger partial charge in [0.15, 0.2) is 11.5 Å². The molecule has 2 aromatic carbocycles. The van der Waals surface area contributed by atoms with E-state index in [1.165, 1.54) is 12.1 Å². The van der Waals surface area contributed by atoms with Gasteiger partial charge in [0.2, 0.25) is 5.91 Å². The molecule has 3 N–H and O–H groups in total. The van der Waals surface area contributed by atoms with Gasteiger partial charge < -0.3 is 30.3 Å². The first kappa shape index (κ1) is 29.5. The van der Waals surface area contributed by atoms with Crippen LogP contribution in [-0.4, -0.2) is 92.1 Å². The van der Waals surface area contributed by atoms with Crippen molar-refractivity contribution in [1.82, 2.24) is 29.5 Å². The lowest BCUT2D eigenvalue weighted by molar-refractivity contribution is -0.134. The minimum Gasteiger partial charge on any atom is -0.435 e. The number of imidazole rings is 1. The Bertz CT molecular complexity index is 1680. The second kappa shape index (κ2) is 11.8. The molecule has 13 heteroatoms. The van der Waals surface area contributed by atoms with Crippen molar-refractivity contribution >= 4 is 29.0 Å². The van der Waals surface area contributed by atoms with Crippen molar-refractivity contribution in [3.8, 4) is 17.0 Å². The number of carbonyl (C=O) groups excluding carboxylic acids is 2. The molecule has 4 aromatic rings. The number of carbonyl (C=O) groups is 2. The van der Waals surface area contributed by atoms with Crippen LogP contribution in [0.1, 0.15) is 29.3 Å². The summed E-state index contributed by atoms with van der Waals surface area (Å²) >= 11 is 0. The van der Waals surface area contributed by atoms with Gasteiger partial charge in [0.1, 0.15) is 5.75 Å². The lowest BCUT2D eigenvalue weighted by atomic mass is 10.0. The maximum Gasteiger partial charge on any atom is 0.387 e. The van der Waals surface area contributed by atoms with Crippen LogP contribution in [0.5, 0.6) is 5.75 Å². The van der Waals surface area contributed by atoms with Crippen molar-refractivity contribution in [2.75, 3.05) is 38.0 Å². The van der Waals surface area contributed by atoms with Crippen LogP contribution in [-0.2, 0) is 4.79 Å². The van der Waals surface area contributed by atoms with E-state index in [1.807, 2.05) is 23.5 Å². The predicted molar refractivity (Wildman–Crippen MR) is 159 cm³/mol. The summed E-state index contributed by atoms with van der Waals surface area (Å²) in [7, 11) is 0. The first-order valence-corrected chi connectivity index (χ1v) is 14.4. The molecule has 2 aliphatic rings. The van der Waals surface area contributed by atoms with Gasteiger partial charge >= 0.3 is 6.61 Å². The largest absolute Gasteiger partial charge is 0.435 e. The number of hydrogen-bond acceptors (Lipinski definition) is 8. The Labute approximate surface area is 252 Å². The summed E-state index contributed by atoms with van der Waals surface area (Å²) in [5.41, 5.74) is 3.30. The molecule has 0 unspecified atom stereocenters. The molecule has 230 valence electrons. The SMILES string of the molecule is Cc1cc(Nc2nccn3c(-c4ccc(OC(F)F)cc4)cnc23)ccc1C(=O)N1CCN(C(=O)[C@@H]2C[C@](C)(O)CN2)CC1. The number of benzene rings is 2. The van der Waals surface area contributed by atoms with Crippen LogP contribution >= 0.6 is 0 Å². The van der Waals surface area contributed by atoms with Crippen LogP contribution in [0.4, 0.5) is 20.3 Å². The highest BCUT2D eigenvalue weighted by Gasteiger charge is 2.39. The van der Waals surface area contributed by atoms with E-state index in [0.717, 1.165) is 22.5 Å². The number of piperazine rings is 1. The number of β-amino-alcohol motifs (C(OH)–C–C–N with tert-alkyl or cyclic N) is 1. The summed E-state index contributed by atoms with van der Waals surface area (Å²) in [4.78, 5) is 38.8. The quantitative estimate of drug-likeness (QED) is 0.293. The summed E-state index contributed by atoms with van der Waals surface area (Å²) in [6, 6.07) is 11.4. The molecule has 0 aliphatic carbocycles. The van der Waals surface area contributed by atoms with E-state index in [-0.39, 0.29) is 17.6 Å². The third kappa shape index (κ3) is 6.06. The van der Waals surface area contributed by atoms with Gasteiger partial charge in [0.05, 0.1) is 23.5 Å². The van der Waals surface area contributed by atoms with Crippen molar-refractivity contribution in [1.29, 1.82) is 0 Å². The molecule has 4 heterocycles. The Morgan fingerprint density at radius 1 is 1.09 bits per heavy atom. The van der Waals surface area contributed by atoms with E-state index >= 15 is 0 Å². The van der Waals surface area contributed by atoms with E-state index in [4.69, 9.17) is 0 Å². The van der Waals surface area contributed by atoms with E-state index in [0.29, 0.717) is 56.2 Å². The highest BCUT2D eigenvalue weighted by molar-refractivity contribution is 5.96. The highest BCUT2D eigenvalue weighted by atomic mass is 19.3. The van der Waals surface area contributed by atoms with Crippen LogP contribution in [0.2, 0.25) is 0 Å². The second-order valence-corrected chi connectivity index (χ2v) is 11.4. The minimum atomic E-state index is -2.89. The number of aromatic nitrogens is 3. The van der Waals surface area contributed by atoms with E-state index < -0.39 is 18.3 Å². The molecule has 2 atom stereocenters. The van der Waals surface area contributed by atoms with Gasteiger partial charge in [-0.1, -0.05) is 0 Å². The summed E-state index contributed by atoms with van der Waals surface area (Å²) in [6.45, 7) is 2.85. The van der Waals surface area contributed by atoms with Gasteiger partial charge in [0, 0.05) is 68.4 Å². The molecule has 44 heavy (non-hydrogen) atoms. The maximum absolute atomic E-state index is 13.4. The predicted octanol–water partition coefficient (Wildman–Crippen LogP) is 3.45. The van der Waals surface area contributed by atoms with Crippen molar-refractivity contribution in [2.45, 2.75) is 38.5 Å². The van der Waals surface area contributed by atoms with Crippen LogP contribution in [0.3, 0.4) is 0 Å². The van der Waals surface area contributed by atoms with Gasteiger partial charge in [-0.05, 0) is 61.9 Å². The topological polar surface area (TPSA) is 124 Å². The van der Waals surface area contributed by atoms with Gasteiger partial charge in [-0.2, -0.15) is 8.78 Å². The molecular formula is C31H33F2N7O4. The smallest absolute Gasteiger partial charge is 0.387 e. The fourth-order valence-corrected chi connectivity index (χ4v) is 5.77. The first-order valence-electron chi connectivity index (χ1n) is 14.4. The summed E-state index contributed by atoms with van der Waals surface area (Å²) in [5, 5.41) is 16.6. The maximum atomic E-state index is 13.4. The number of amides is 2. The molecule has 2 saturated heterocycles. The number of aliphatic hydroxyl groups is 1. The molecule has 0 bridgehead atoms. The standard InChI is InChI=1S/C31H33F2N7O4/c1-19-15-21(5-8-23(19)28(41)38-11-13-39(14-12-38)29(42)24-16-31(2,43)18-36-24)37-26-27-35-17-25(40(27)10-9-34-26)20-3-6-22(7-4-20)44-30(32)33/h3-10,15,17,24,30,36,43H,11-14,16,18H2,1-2H3,(H,34,37)/t24-,31-/m0/s1. The molecule has 11 nitrogen and oxygen atoms in total. The zero-order valence-corrected chi connectivity index (χ0v) is 24.3. The number of alkyl halides is 2. The molecule has 0 saturated carbocycles. The second-order valence-electron chi connectivity index (χ2n) is 11.4. The van der Waals surface area contributed by atoms with Crippen molar-refractivity contribution in [3.63, 3.8) is 0 Å². The first-order chi connectivity index (χ1) is 21.1. The number of anilines is 2. The number of rotatable bonds is 7. The molecule has 2 fully saturated rings. The number of nitrogens with zero attached hydrogens (tertiary/aromatic N) is 5. The van der Waals surface area contributed by atoms with E-state index in [2.05, 4.69) is 25.3 Å². The zero-order chi connectivity index (χ0) is 31.0. The van der Waals surface area contributed by atoms with Crippen molar-refractivity contribution < 1.29 is 28.2 Å². The normalized spacial score (nSPS) is 20.4. The van der Waals surface area contributed by atoms with Crippen molar-refractivity contribution in [2.24, 2.45) is 0 Å². The summed E-state index contributed by atoms with van der Waals surface area (Å²) in [6.07, 6.45) is 5.46. The summed E-state index contributed by atoms with van der Waals surface area (Å²) in [5.74, 6) is 0.455. The van der Waals surface area contributed by atoms with Crippen LogP contribution in [0.25, 0.3) is 16.9 Å². The zero-order valence-electron chi connectivity index (χ0n) is 24.3. The Kier molecular flexibility index (Phi) is 7.91. The average Bonchev–Trinajstić information content (AvgIpc) is 3.60. The molecule has 2 amide bonds. The van der Waals surface area contributed by atoms with Gasteiger partial charge in [-0.15, -0.1) is 0 Å². The number of ether oxygens (including phenoxy) is 1. The van der Waals surface area contributed by atoms with Crippen molar-refractivity contribution in [3.05, 3.63) is 72.2 Å². The lowest BCUT2D eigenvalue weighted by Crippen LogP contribution is -2.54. The van der Waals surface area contributed by atoms with Gasteiger partial charge in [-0.3, -0.25) is 14.0 Å². The number of fused-ring (bicyclic) bond motifs is 1. The van der Waals surface area contributed by atoms with Crippen LogP contribution in [0.15, 0.2) is 61.1 Å². The minimum absolute atomic E-state index is 0.0351. The fourth-order valence-electron chi connectivity index (χ4n) is 5.77. The summed E-state index contributed by atoms with van der Waals surface area (Å²) < 4.78 is 31.3. The number of hydrogen-bond donors (Lipinski definition) is 3. The van der Waals surface area contributed by atoms with E-state index in [1.54, 1.807) is 53.5 Å². The monoisotopic (exact) mass is 605 g/mol. The Hall–Kier alpha value is -4.62. The molecule has 0 spiro atoms. The third-order valence-electron chi connectivity index (χ3n) is 8.07. The molecule has 0 radical (unpaired) electrons. The van der Waals surface area contributed by atoms with Crippen LogP contribution < -0.4 is 15.4 Å². The third-order valence-corrected chi connectivity index (χ3v) is 8.07. The number of halogens is 2. The molecule has 2 aromatic heterocycles. The Balaban J connectivity index is 1.11. The van der Waals surface area contributed by atoms with Gasteiger partial charge in [0.25, 0.3) is 5.91 Å². The lowest BCUT2D eigenvalue weighted by Gasteiger charge is -2.36. The molecule has 2 aliphatic heterocycles.